The molecule has 1 aromatic heterocycles. The molecule has 6 nitrogen and oxygen atoms in total. The summed E-state index contributed by atoms with van der Waals surface area (Å²) >= 11 is 1.58. The summed E-state index contributed by atoms with van der Waals surface area (Å²) in [5, 5.41) is 2.94. The molecule has 1 unspecified atom stereocenters. The number of nitrogens with zero attached hydrogens (tertiary/aromatic N) is 3. The van der Waals surface area contributed by atoms with Gasteiger partial charge in [-0.15, -0.1) is 11.3 Å². The molecule has 0 N–H and O–H groups in total. The highest BCUT2D eigenvalue weighted by Gasteiger charge is 2.35. The molecule has 4 rings (SSSR count). The number of likely N-dealkylation sites (tertiary alicyclic amines) is 1. The maximum Gasteiger partial charge on any atom is 0.225 e. The van der Waals surface area contributed by atoms with E-state index < -0.39 is 0 Å². The number of piperidine rings is 1. The molecular weight excluding hydrogens is 326 g/mol. The van der Waals surface area contributed by atoms with Crippen molar-refractivity contribution < 1.29 is 14.3 Å². The Morgan fingerprint density at radius 3 is 2.83 bits per heavy atom. The summed E-state index contributed by atoms with van der Waals surface area (Å²) in [7, 11) is 0. The Labute approximate surface area is 146 Å². The quantitative estimate of drug-likeness (QED) is 0.815. The highest BCUT2D eigenvalue weighted by atomic mass is 32.1. The number of aromatic nitrogens is 1. The highest BCUT2D eigenvalue weighted by molar-refractivity contribution is 7.14. The first kappa shape index (κ1) is 16.4. The molecule has 1 aliphatic carbocycles. The SMILES string of the molecule is CC(=O)N(c1nc(CN2CCCCC2C2OCCO2)cs1)C1CC1. The highest BCUT2D eigenvalue weighted by Crippen LogP contribution is 2.34. The van der Waals surface area contributed by atoms with Crippen molar-refractivity contribution >= 4 is 22.4 Å². The zero-order chi connectivity index (χ0) is 16.5. The maximum atomic E-state index is 11.9. The summed E-state index contributed by atoms with van der Waals surface area (Å²) in [5.41, 5.74) is 1.05. The first-order valence-corrected chi connectivity index (χ1v) is 9.82. The van der Waals surface area contributed by atoms with Crippen LogP contribution in [-0.4, -0.2) is 53.9 Å². The molecule has 0 radical (unpaired) electrons. The third-order valence-corrected chi connectivity index (χ3v) is 5.88. The third-order valence-electron chi connectivity index (χ3n) is 4.99. The van der Waals surface area contributed by atoms with Crippen molar-refractivity contribution in [1.29, 1.82) is 0 Å². The monoisotopic (exact) mass is 351 g/mol. The minimum absolute atomic E-state index is 0.0939. The van der Waals surface area contributed by atoms with Crippen LogP contribution in [0.4, 0.5) is 5.13 Å². The number of rotatable bonds is 5. The number of anilines is 1. The Balaban J connectivity index is 1.45. The predicted molar refractivity (Wildman–Crippen MR) is 92.0 cm³/mol. The van der Waals surface area contributed by atoms with E-state index in [9.17, 15) is 4.79 Å². The number of ether oxygens (including phenoxy) is 2. The lowest BCUT2D eigenvalue weighted by molar-refractivity contribution is -0.116. The number of hydrogen-bond acceptors (Lipinski definition) is 6. The lowest BCUT2D eigenvalue weighted by Gasteiger charge is -2.37. The van der Waals surface area contributed by atoms with Crippen LogP contribution in [-0.2, 0) is 20.8 Å². The number of amides is 1. The van der Waals surface area contributed by atoms with Gasteiger partial charge in [0.25, 0.3) is 0 Å². The summed E-state index contributed by atoms with van der Waals surface area (Å²) < 4.78 is 11.5. The first-order valence-electron chi connectivity index (χ1n) is 8.94. The van der Waals surface area contributed by atoms with E-state index in [-0.39, 0.29) is 12.2 Å². The van der Waals surface area contributed by atoms with Crippen molar-refractivity contribution in [3.8, 4) is 0 Å². The van der Waals surface area contributed by atoms with Gasteiger partial charge >= 0.3 is 0 Å². The minimum atomic E-state index is -0.0939. The van der Waals surface area contributed by atoms with Crippen molar-refractivity contribution in [3.63, 3.8) is 0 Å². The molecule has 132 valence electrons. The van der Waals surface area contributed by atoms with Gasteiger partial charge in [0.05, 0.1) is 24.9 Å². The van der Waals surface area contributed by atoms with E-state index in [4.69, 9.17) is 14.5 Å². The Morgan fingerprint density at radius 1 is 1.33 bits per heavy atom. The van der Waals surface area contributed by atoms with Crippen molar-refractivity contribution in [1.82, 2.24) is 9.88 Å². The average molecular weight is 351 g/mol. The molecular formula is C17H25N3O3S. The van der Waals surface area contributed by atoms with Crippen molar-refractivity contribution in [2.45, 2.75) is 63.9 Å². The van der Waals surface area contributed by atoms with Gasteiger partial charge in [0.1, 0.15) is 0 Å². The van der Waals surface area contributed by atoms with Crippen LogP contribution in [0.3, 0.4) is 0 Å². The molecule has 2 saturated heterocycles. The van der Waals surface area contributed by atoms with Gasteiger partial charge in [0.2, 0.25) is 5.91 Å². The van der Waals surface area contributed by atoms with Crippen LogP contribution >= 0.6 is 11.3 Å². The molecule has 1 saturated carbocycles. The zero-order valence-corrected chi connectivity index (χ0v) is 15.0. The molecule has 2 aliphatic heterocycles. The van der Waals surface area contributed by atoms with Crippen LogP contribution in [0.15, 0.2) is 5.38 Å². The summed E-state index contributed by atoms with van der Waals surface area (Å²) in [4.78, 5) is 21.0. The fourth-order valence-corrected chi connectivity index (χ4v) is 4.62. The minimum Gasteiger partial charge on any atom is -0.349 e. The normalized spacial score (nSPS) is 26.0. The second-order valence-corrected chi connectivity index (χ2v) is 7.72. The fraction of sp³-hybridized carbons (Fsp3) is 0.765. The molecule has 3 fully saturated rings. The van der Waals surface area contributed by atoms with Gasteiger partial charge in [-0.3, -0.25) is 14.6 Å². The van der Waals surface area contributed by atoms with E-state index in [1.807, 2.05) is 4.90 Å². The number of thiazole rings is 1. The Kier molecular flexibility index (Phi) is 4.85. The van der Waals surface area contributed by atoms with Gasteiger partial charge in [-0.1, -0.05) is 6.42 Å². The molecule has 7 heteroatoms. The first-order chi connectivity index (χ1) is 11.7. The molecule has 24 heavy (non-hydrogen) atoms. The van der Waals surface area contributed by atoms with E-state index >= 15 is 0 Å². The molecule has 3 aliphatic rings. The Morgan fingerprint density at radius 2 is 2.12 bits per heavy atom. The van der Waals surface area contributed by atoms with Crippen LogP contribution in [0.1, 0.15) is 44.7 Å². The van der Waals surface area contributed by atoms with Gasteiger partial charge in [-0.05, 0) is 32.2 Å². The number of carbonyl (C=O) groups is 1. The van der Waals surface area contributed by atoms with E-state index in [1.54, 1.807) is 18.3 Å². The number of carbonyl (C=O) groups excluding carboxylic acids is 1. The van der Waals surface area contributed by atoms with Gasteiger partial charge in [-0.2, -0.15) is 0 Å². The molecule has 3 heterocycles. The van der Waals surface area contributed by atoms with Crippen molar-refractivity contribution in [3.05, 3.63) is 11.1 Å². The summed E-state index contributed by atoms with van der Waals surface area (Å²) in [6.07, 6.45) is 5.65. The van der Waals surface area contributed by atoms with Gasteiger partial charge in [0.15, 0.2) is 11.4 Å². The van der Waals surface area contributed by atoms with Crippen LogP contribution in [0.5, 0.6) is 0 Å². The Bertz CT molecular complexity index is 583. The van der Waals surface area contributed by atoms with E-state index in [0.29, 0.717) is 25.3 Å². The van der Waals surface area contributed by atoms with E-state index in [1.165, 1.54) is 12.8 Å². The van der Waals surface area contributed by atoms with E-state index in [2.05, 4.69) is 10.3 Å². The van der Waals surface area contributed by atoms with Gasteiger partial charge < -0.3 is 9.47 Å². The van der Waals surface area contributed by atoms with Crippen molar-refractivity contribution in [2.24, 2.45) is 0 Å². The molecule has 1 atom stereocenters. The average Bonchev–Trinajstić information content (AvgIpc) is 3.07. The summed E-state index contributed by atoms with van der Waals surface area (Å²) in [6, 6.07) is 0.684. The molecule has 0 spiro atoms. The maximum absolute atomic E-state index is 11.9. The van der Waals surface area contributed by atoms with Crippen LogP contribution in [0.25, 0.3) is 0 Å². The lowest BCUT2D eigenvalue weighted by Crippen LogP contribution is -2.46. The van der Waals surface area contributed by atoms with E-state index in [0.717, 1.165) is 43.2 Å². The van der Waals surface area contributed by atoms with Gasteiger partial charge in [-0.25, -0.2) is 4.98 Å². The second-order valence-electron chi connectivity index (χ2n) is 6.89. The smallest absolute Gasteiger partial charge is 0.225 e. The van der Waals surface area contributed by atoms with Crippen LogP contribution in [0.2, 0.25) is 0 Å². The predicted octanol–water partition coefficient (Wildman–Crippen LogP) is 2.39. The van der Waals surface area contributed by atoms with Gasteiger partial charge in [0, 0.05) is 24.9 Å². The van der Waals surface area contributed by atoms with Crippen molar-refractivity contribution in [2.75, 3.05) is 24.7 Å². The van der Waals surface area contributed by atoms with Crippen LogP contribution < -0.4 is 4.90 Å². The molecule has 0 aromatic carbocycles. The third kappa shape index (κ3) is 3.49. The lowest BCUT2D eigenvalue weighted by atomic mass is 10.0. The fourth-order valence-electron chi connectivity index (χ4n) is 3.69. The Hall–Kier alpha value is -1.02. The topological polar surface area (TPSA) is 54.9 Å². The molecule has 1 amide bonds. The molecule has 1 aromatic rings. The zero-order valence-electron chi connectivity index (χ0n) is 14.1. The largest absolute Gasteiger partial charge is 0.349 e. The standard InChI is InChI=1S/C17H25N3O3S/c1-12(21)20(14-5-6-14)17-18-13(11-24-17)10-19-7-3-2-4-15(19)16-22-8-9-23-16/h11,14-16H,2-10H2,1H3. The van der Waals surface area contributed by atoms with Crippen LogP contribution in [0, 0.1) is 0 Å². The second kappa shape index (κ2) is 7.07. The summed E-state index contributed by atoms with van der Waals surface area (Å²) in [6.45, 7) is 4.89. The number of hydrogen-bond donors (Lipinski definition) is 0. The molecule has 0 bridgehead atoms. The summed E-state index contributed by atoms with van der Waals surface area (Å²) in [5.74, 6) is 0.0991.